The number of nitrogens with two attached hydrogens (primary N) is 1. The van der Waals surface area contributed by atoms with E-state index in [9.17, 15) is 26.3 Å². The average molecular weight is 262 g/mol. The number of hydrazone groups is 2. The lowest BCUT2D eigenvalue weighted by Gasteiger charge is -2.29. The first-order valence-corrected chi connectivity index (χ1v) is 4.29. The Morgan fingerprint density at radius 3 is 2.06 bits per heavy atom. The van der Waals surface area contributed by atoms with Crippen LogP contribution in [0.5, 0.6) is 0 Å². The van der Waals surface area contributed by atoms with E-state index in [1.807, 2.05) is 0 Å². The fraction of sp³-hybridized carbons (Fsp3) is 0.714. The van der Waals surface area contributed by atoms with Crippen LogP contribution in [-0.4, -0.2) is 35.5 Å². The largest absolute Gasteiger partial charge is 0.370 e. The molecule has 2 N–H and O–H groups in total. The minimum absolute atomic E-state index is 0.673. The lowest BCUT2D eigenvalue weighted by molar-refractivity contribution is -0.171. The first-order chi connectivity index (χ1) is 7.60. The predicted molar refractivity (Wildman–Crippen MR) is 47.1 cm³/mol. The van der Waals surface area contributed by atoms with E-state index in [1.54, 1.807) is 0 Å². The SMILES string of the molecule is C=NN1/C(=N\N)C(F)(F)C(F)(F)CCC1(F)F. The smallest absolute Gasteiger partial charge is 0.321 e. The van der Waals surface area contributed by atoms with Crippen molar-refractivity contribution in [3.05, 3.63) is 0 Å². The molecule has 0 unspecified atom stereocenters. The van der Waals surface area contributed by atoms with Gasteiger partial charge in [-0.3, -0.25) is 0 Å². The number of halogens is 6. The topological polar surface area (TPSA) is 54.0 Å². The highest BCUT2D eigenvalue weighted by molar-refractivity contribution is 5.90. The Balaban J connectivity index is 3.39. The third-order valence-corrected chi connectivity index (χ3v) is 2.25. The Bertz CT molecular complexity index is 352. The molecule has 0 radical (unpaired) electrons. The van der Waals surface area contributed by atoms with Gasteiger partial charge in [0.25, 0.3) is 0 Å². The van der Waals surface area contributed by atoms with Crippen molar-refractivity contribution in [1.82, 2.24) is 5.01 Å². The summed E-state index contributed by atoms with van der Waals surface area (Å²) in [5, 5.41) is 4.21. The number of rotatable bonds is 1. The normalized spacial score (nSPS) is 28.8. The van der Waals surface area contributed by atoms with Crippen LogP contribution in [0, 0.1) is 0 Å². The maximum absolute atomic E-state index is 13.3. The van der Waals surface area contributed by atoms with Crippen molar-refractivity contribution in [2.45, 2.75) is 30.7 Å². The molecule has 1 heterocycles. The molecule has 0 saturated carbocycles. The molecule has 4 nitrogen and oxygen atoms in total. The fourth-order valence-electron chi connectivity index (χ4n) is 1.33. The molecule has 0 spiro atoms. The third kappa shape index (κ3) is 1.91. The van der Waals surface area contributed by atoms with E-state index in [-0.39, 0.29) is 0 Å². The Hall–Kier alpha value is -1.48. The fourth-order valence-corrected chi connectivity index (χ4v) is 1.33. The molecule has 0 aromatic carbocycles. The Morgan fingerprint density at radius 1 is 1.12 bits per heavy atom. The van der Waals surface area contributed by atoms with E-state index in [0.717, 1.165) is 0 Å². The predicted octanol–water partition coefficient (Wildman–Crippen LogP) is 1.83. The molecule has 0 atom stereocenters. The van der Waals surface area contributed by atoms with Gasteiger partial charge in [-0.05, 0) is 0 Å². The third-order valence-electron chi connectivity index (χ3n) is 2.25. The minimum atomic E-state index is -4.94. The molecule has 0 aromatic rings. The van der Waals surface area contributed by atoms with E-state index in [4.69, 9.17) is 0 Å². The second-order valence-corrected chi connectivity index (χ2v) is 3.35. The van der Waals surface area contributed by atoms with Gasteiger partial charge in [-0.1, -0.05) is 0 Å². The summed E-state index contributed by atoms with van der Waals surface area (Å²) in [4.78, 5) is 0. The van der Waals surface area contributed by atoms with Crippen molar-refractivity contribution in [3.8, 4) is 0 Å². The Kier molecular flexibility index (Phi) is 3.02. The van der Waals surface area contributed by atoms with Gasteiger partial charge in [0.15, 0.2) is 0 Å². The molecule has 1 aliphatic rings. The zero-order valence-corrected chi connectivity index (χ0v) is 8.31. The van der Waals surface area contributed by atoms with Crippen LogP contribution in [0.1, 0.15) is 12.8 Å². The quantitative estimate of drug-likeness (QED) is 0.258. The summed E-state index contributed by atoms with van der Waals surface area (Å²) in [7, 11) is 0. The molecule has 1 saturated heterocycles. The van der Waals surface area contributed by atoms with E-state index in [0.29, 0.717) is 0 Å². The van der Waals surface area contributed by atoms with Gasteiger partial charge in [0.2, 0.25) is 5.84 Å². The van der Waals surface area contributed by atoms with Crippen LogP contribution in [-0.2, 0) is 0 Å². The molecule has 98 valence electrons. The van der Waals surface area contributed by atoms with E-state index >= 15 is 0 Å². The summed E-state index contributed by atoms with van der Waals surface area (Å²) in [5.41, 5.74) is 0. The lowest BCUT2D eigenvalue weighted by Crippen LogP contribution is -2.53. The zero-order valence-electron chi connectivity index (χ0n) is 8.31. The summed E-state index contributed by atoms with van der Waals surface area (Å²) >= 11 is 0. The number of nitrogens with zero attached hydrogens (tertiary/aromatic N) is 3. The highest BCUT2D eigenvalue weighted by Gasteiger charge is 2.67. The molecule has 1 fully saturated rings. The molecule has 0 bridgehead atoms. The van der Waals surface area contributed by atoms with Gasteiger partial charge in [-0.2, -0.15) is 41.6 Å². The second kappa shape index (κ2) is 3.77. The van der Waals surface area contributed by atoms with Gasteiger partial charge in [0.1, 0.15) is 0 Å². The number of amidine groups is 1. The van der Waals surface area contributed by atoms with Gasteiger partial charge >= 0.3 is 17.9 Å². The highest BCUT2D eigenvalue weighted by Crippen LogP contribution is 2.46. The highest BCUT2D eigenvalue weighted by atomic mass is 19.3. The Labute approximate surface area is 91.7 Å². The van der Waals surface area contributed by atoms with Crippen molar-refractivity contribution in [1.29, 1.82) is 0 Å². The molecular weight excluding hydrogens is 254 g/mol. The van der Waals surface area contributed by atoms with Crippen molar-refractivity contribution >= 4 is 12.6 Å². The summed E-state index contributed by atoms with van der Waals surface area (Å²) in [6, 6.07) is -4.05. The van der Waals surface area contributed by atoms with Crippen molar-refractivity contribution in [2.75, 3.05) is 0 Å². The van der Waals surface area contributed by atoms with Crippen LogP contribution in [0.2, 0.25) is 0 Å². The number of hydrogen-bond acceptors (Lipinski definition) is 3. The summed E-state index contributed by atoms with van der Waals surface area (Å²) in [6.45, 7) is 2.61. The van der Waals surface area contributed by atoms with Crippen molar-refractivity contribution in [2.24, 2.45) is 16.0 Å². The molecule has 17 heavy (non-hydrogen) atoms. The molecule has 0 aliphatic carbocycles. The summed E-state index contributed by atoms with van der Waals surface area (Å²) < 4.78 is 79.1. The lowest BCUT2D eigenvalue weighted by atomic mass is 10.1. The number of hydrogen-bond donors (Lipinski definition) is 1. The van der Waals surface area contributed by atoms with Gasteiger partial charge in [-0.15, -0.1) is 0 Å². The minimum Gasteiger partial charge on any atom is -0.321 e. The zero-order chi connectivity index (χ0) is 13.5. The van der Waals surface area contributed by atoms with E-state index < -0.39 is 41.6 Å². The van der Waals surface area contributed by atoms with Crippen LogP contribution in [0.25, 0.3) is 0 Å². The number of alkyl halides is 6. The molecular formula is C7H8F6N4. The van der Waals surface area contributed by atoms with E-state index in [1.165, 1.54) is 0 Å². The molecule has 1 rings (SSSR count). The molecule has 10 heteroatoms. The molecule has 0 aromatic heterocycles. The molecule has 0 amide bonds. The van der Waals surface area contributed by atoms with Crippen LogP contribution in [0.15, 0.2) is 10.2 Å². The maximum Gasteiger partial charge on any atom is 0.370 e. The van der Waals surface area contributed by atoms with Gasteiger partial charge < -0.3 is 5.84 Å². The molecule has 1 aliphatic heterocycles. The van der Waals surface area contributed by atoms with E-state index in [2.05, 4.69) is 22.8 Å². The van der Waals surface area contributed by atoms with Gasteiger partial charge in [0, 0.05) is 19.6 Å². The average Bonchev–Trinajstić information content (AvgIpc) is 2.25. The van der Waals surface area contributed by atoms with Crippen LogP contribution < -0.4 is 5.84 Å². The van der Waals surface area contributed by atoms with Gasteiger partial charge in [0.05, 0.1) is 0 Å². The Morgan fingerprint density at radius 2 is 1.65 bits per heavy atom. The van der Waals surface area contributed by atoms with Crippen LogP contribution >= 0.6 is 0 Å². The summed E-state index contributed by atoms with van der Waals surface area (Å²) in [6.07, 6.45) is -3.24. The maximum atomic E-state index is 13.3. The summed E-state index contributed by atoms with van der Waals surface area (Å²) in [5.74, 6) is -7.17. The van der Waals surface area contributed by atoms with Gasteiger partial charge in [-0.25, -0.2) is 0 Å². The van der Waals surface area contributed by atoms with Crippen LogP contribution in [0.4, 0.5) is 26.3 Å². The van der Waals surface area contributed by atoms with Crippen molar-refractivity contribution in [3.63, 3.8) is 0 Å². The second-order valence-electron chi connectivity index (χ2n) is 3.35. The monoisotopic (exact) mass is 262 g/mol. The standard InChI is InChI=1S/C7H8F6N4/c1-15-17-4(16-14)7(12,13)5(8,9)2-3-6(17,10)11/h1-3,14H2/b16-4-. The first-order valence-electron chi connectivity index (χ1n) is 4.29. The first kappa shape index (κ1) is 13.6. The van der Waals surface area contributed by atoms with Crippen molar-refractivity contribution < 1.29 is 26.3 Å². The van der Waals surface area contributed by atoms with Crippen LogP contribution in [0.3, 0.4) is 0 Å².